The van der Waals surface area contributed by atoms with Gasteiger partial charge in [-0.25, -0.2) is 0 Å². The molecule has 0 spiro atoms. The third kappa shape index (κ3) is 4.78. The minimum atomic E-state index is -0.324. The number of amides is 2. The number of carbonyl (C=O) groups is 2. The number of rotatable bonds is 4. The first-order chi connectivity index (χ1) is 12.1. The zero-order valence-electron chi connectivity index (χ0n) is 13.2. The maximum atomic E-state index is 12.2. The molecule has 6 heteroatoms. The molecule has 0 saturated carbocycles. The summed E-state index contributed by atoms with van der Waals surface area (Å²) in [4.78, 5) is 25.6. The second-order valence-corrected chi connectivity index (χ2v) is 7.33. The van der Waals surface area contributed by atoms with Crippen LogP contribution in [0.1, 0.15) is 15.2 Å². The lowest BCUT2D eigenvalue weighted by molar-refractivity contribution is -0.121. The van der Waals surface area contributed by atoms with E-state index in [2.05, 4.69) is 26.8 Å². The summed E-state index contributed by atoms with van der Waals surface area (Å²) in [6, 6.07) is 20.9. The highest BCUT2D eigenvalue weighted by molar-refractivity contribution is 9.10. The lowest BCUT2D eigenvalue weighted by Crippen LogP contribution is -2.42. The number of hydrazine groups is 1. The van der Waals surface area contributed by atoms with Gasteiger partial charge in [-0.1, -0.05) is 58.4 Å². The summed E-state index contributed by atoms with van der Waals surface area (Å²) >= 11 is 4.78. The molecule has 3 rings (SSSR count). The Kier molecular flexibility index (Phi) is 5.63. The van der Waals surface area contributed by atoms with Crippen LogP contribution in [0.5, 0.6) is 0 Å². The van der Waals surface area contributed by atoms with Crippen molar-refractivity contribution in [2.45, 2.75) is 6.42 Å². The smallest absolute Gasteiger partial charge is 0.273 e. The maximum absolute atomic E-state index is 12.2. The summed E-state index contributed by atoms with van der Waals surface area (Å²) in [7, 11) is 0. The van der Waals surface area contributed by atoms with Crippen LogP contribution in [-0.2, 0) is 11.2 Å². The van der Waals surface area contributed by atoms with E-state index in [1.54, 1.807) is 6.07 Å². The van der Waals surface area contributed by atoms with E-state index in [1.807, 2.05) is 60.7 Å². The van der Waals surface area contributed by atoms with Crippen molar-refractivity contribution in [2.24, 2.45) is 0 Å². The second-order valence-electron chi connectivity index (χ2n) is 5.34. The topological polar surface area (TPSA) is 58.2 Å². The molecule has 126 valence electrons. The Balaban J connectivity index is 1.57. The van der Waals surface area contributed by atoms with Gasteiger partial charge >= 0.3 is 0 Å². The van der Waals surface area contributed by atoms with Crippen molar-refractivity contribution in [1.82, 2.24) is 10.9 Å². The predicted octanol–water partition coefficient (Wildman–Crippen LogP) is 4.18. The highest BCUT2D eigenvalue weighted by Crippen LogP contribution is 2.28. The average molecular weight is 415 g/mol. The van der Waals surface area contributed by atoms with E-state index in [1.165, 1.54) is 11.3 Å². The van der Waals surface area contributed by atoms with Gasteiger partial charge in [-0.2, -0.15) is 0 Å². The third-order valence-corrected chi connectivity index (χ3v) is 5.14. The van der Waals surface area contributed by atoms with Crippen molar-refractivity contribution in [2.75, 3.05) is 0 Å². The monoisotopic (exact) mass is 414 g/mol. The van der Waals surface area contributed by atoms with Crippen LogP contribution in [0.2, 0.25) is 0 Å². The standard InChI is InChI=1S/C19H15BrN2O2S/c20-15-8-6-14(7-9-15)16-10-11-17(25-16)19(24)22-21-18(23)12-13-4-2-1-3-5-13/h1-11H,12H2,(H,21,23)(H,22,24). The van der Waals surface area contributed by atoms with Crippen molar-refractivity contribution in [3.05, 3.63) is 81.6 Å². The molecule has 0 bridgehead atoms. The average Bonchev–Trinajstić information content (AvgIpc) is 3.11. The van der Waals surface area contributed by atoms with Gasteiger partial charge in [0.1, 0.15) is 0 Å². The van der Waals surface area contributed by atoms with Crippen LogP contribution in [0.3, 0.4) is 0 Å². The fourth-order valence-corrected chi connectivity index (χ4v) is 3.41. The van der Waals surface area contributed by atoms with E-state index in [4.69, 9.17) is 0 Å². The molecule has 2 N–H and O–H groups in total. The molecule has 2 amide bonds. The van der Waals surface area contributed by atoms with Crippen LogP contribution in [0.25, 0.3) is 10.4 Å². The predicted molar refractivity (Wildman–Crippen MR) is 103 cm³/mol. The number of halogens is 1. The van der Waals surface area contributed by atoms with Crippen LogP contribution in [0.4, 0.5) is 0 Å². The molecular formula is C19H15BrN2O2S. The number of carbonyl (C=O) groups excluding carboxylic acids is 2. The van der Waals surface area contributed by atoms with Gasteiger partial charge in [-0.05, 0) is 35.4 Å². The molecule has 25 heavy (non-hydrogen) atoms. The Morgan fingerprint density at radius 1 is 0.880 bits per heavy atom. The molecule has 3 aromatic rings. The van der Waals surface area contributed by atoms with Crippen LogP contribution in [-0.4, -0.2) is 11.8 Å². The molecule has 0 atom stereocenters. The number of thiophene rings is 1. The Morgan fingerprint density at radius 2 is 1.60 bits per heavy atom. The van der Waals surface area contributed by atoms with E-state index in [9.17, 15) is 9.59 Å². The van der Waals surface area contributed by atoms with Crippen LogP contribution in [0, 0.1) is 0 Å². The van der Waals surface area contributed by atoms with Crippen LogP contribution < -0.4 is 10.9 Å². The maximum Gasteiger partial charge on any atom is 0.279 e. The van der Waals surface area contributed by atoms with Gasteiger partial charge < -0.3 is 0 Å². The van der Waals surface area contributed by atoms with E-state index in [0.29, 0.717) is 4.88 Å². The van der Waals surface area contributed by atoms with E-state index in [-0.39, 0.29) is 18.2 Å². The second kappa shape index (κ2) is 8.09. The van der Waals surface area contributed by atoms with Gasteiger partial charge in [-0.15, -0.1) is 11.3 Å². The van der Waals surface area contributed by atoms with Gasteiger partial charge in [-0.3, -0.25) is 20.4 Å². The number of hydrogen-bond donors (Lipinski definition) is 2. The van der Waals surface area contributed by atoms with Crippen molar-refractivity contribution in [3.8, 4) is 10.4 Å². The van der Waals surface area contributed by atoms with Crippen LogP contribution in [0.15, 0.2) is 71.2 Å². The Labute approximate surface area is 158 Å². The first-order valence-corrected chi connectivity index (χ1v) is 9.21. The summed E-state index contributed by atoms with van der Waals surface area (Å²) < 4.78 is 1.01. The fourth-order valence-electron chi connectivity index (χ4n) is 2.24. The van der Waals surface area contributed by atoms with Crippen molar-refractivity contribution in [3.63, 3.8) is 0 Å². The minimum absolute atomic E-state index is 0.218. The Hall–Kier alpha value is -2.44. The summed E-state index contributed by atoms with van der Waals surface area (Å²) in [6.07, 6.45) is 0.218. The zero-order chi connectivity index (χ0) is 17.6. The SMILES string of the molecule is O=C(Cc1ccccc1)NNC(=O)c1ccc(-c2ccc(Br)cc2)s1. The molecule has 1 heterocycles. The zero-order valence-corrected chi connectivity index (χ0v) is 15.6. The van der Waals surface area contributed by atoms with Gasteiger partial charge in [0, 0.05) is 9.35 Å². The van der Waals surface area contributed by atoms with Gasteiger partial charge in [0.2, 0.25) is 5.91 Å². The number of benzene rings is 2. The lowest BCUT2D eigenvalue weighted by atomic mass is 10.1. The lowest BCUT2D eigenvalue weighted by Gasteiger charge is -2.06. The van der Waals surface area contributed by atoms with E-state index in [0.717, 1.165) is 20.5 Å². The quantitative estimate of drug-likeness (QED) is 0.629. The molecule has 2 aromatic carbocycles. The van der Waals surface area contributed by atoms with E-state index >= 15 is 0 Å². The summed E-state index contributed by atoms with van der Waals surface area (Å²) in [5, 5.41) is 0. The van der Waals surface area contributed by atoms with Gasteiger partial charge in [0.05, 0.1) is 11.3 Å². The van der Waals surface area contributed by atoms with Gasteiger partial charge in [0.25, 0.3) is 5.91 Å². The molecule has 0 aliphatic heterocycles. The third-order valence-electron chi connectivity index (χ3n) is 3.48. The van der Waals surface area contributed by atoms with Crippen LogP contribution >= 0.6 is 27.3 Å². The number of nitrogens with one attached hydrogen (secondary N) is 2. The molecule has 0 fully saturated rings. The van der Waals surface area contributed by atoms with Crippen molar-refractivity contribution in [1.29, 1.82) is 0 Å². The Morgan fingerprint density at radius 3 is 2.32 bits per heavy atom. The molecule has 4 nitrogen and oxygen atoms in total. The summed E-state index contributed by atoms with van der Waals surface area (Å²) in [5.74, 6) is -0.584. The molecule has 0 saturated heterocycles. The van der Waals surface area contributed by atoms with Crippen molar-refractivity contribution < 1.29 is 9.59 Å². The molecule has 1 aromatic heterocycles. The minimum Gasteiger partial charge on any atom is -0.273 e. The summed E-state index contributed by atoms with van der Waals surface area (Å²) in [5.41, 5.74) is 6.84. The number of hydrogen-bond acceptors (Lipinski definition) is 3. The highest BCUT2D eigenvalue weighted by atomic mass is 79.9. The molecule has 0 unspecified atom stereocenters. The first kappa shape index (κ1) is 17.4. The molecule has 0 radical (unpaired) electrons. The van der Waals surface area contributed by atoms with Crippen molar-refractivity contribution >= 4 is 39.1 Å². The highest BCUT2D eigenvalue weighted by Gasteiger charge is 2.11. The molecular weight excluding hydrogens is 400 g/mol. The molecule has 0 aliphatic rings. The largest absolute Gasteiger partial charge is 0.279 e. The first-order valence-electron chi connectivity index (χ1n) is 7.61. The Bertz CT molecular complexity index is 876. The normalized spacial score (nSPS) is 10.3. The summed E-state index contributed by atoms with van der Waals surface area (Å²) in [6.45, 7) is 0. The molecule has 0 aliphatic carbocycles. The fraction of sp³-hybridized carbons (Fsp3) is 0.0526. The van der Waals surface area contributed by atoms with Gasteiger partial charge in [0.15, 0.2) is 0 Å². The van der Waals surface area contributed by atoms with E-state index < -0.39 is 0 Å².